The number of likely N-dealkylation sites (N-methyl/N-ethyl adjacent to an activating group) is 1. The first-order valence-corrected chi connectivity index (χ1v) is 7.16. The molecule has 20 heavy (non-hydrogen) atoms. The Hall–Kier alpha value is -1.66. The normalized spacial score (nSPS) is 12.9. The number of rotatable bonds is 4. The van der Waals surface area contributed by atoms with Crippen molar-refractivity contribution < 1.29 is 4.42 Å². The van der Waals surface area contributed by atoms with Gasteiger partial charge in [-0.25, -0.2) is 4.98 Å². The quantitative estimate of drug-likeness (QED) is 0.797. The van der Waals surface area contributed by atoms with E-state index < -0.39 is 0 Å². The lowest BCUT2D eigenvalue weighted by Crippen LogP contribution is -2.20. The van der Waals surface area contributed by atoms with E-state index in [2.05, 4.69) is 37.4 Å². The van der Waals surface area contributed by atoms with Gasteiger partial charge in [-0.05, 0) is 35.1 Å². The van der Waals surface area contributed by atoms with Crippen molar-refractivity contribution >= 4 is 26.9 Å². The molecule has 6 heteroatoms. The molecule has 0 bridgehead atoms. The first-order valence-electron chi connectivity index (χ1n) is 6.37. The SMILES string of the molecule is CNC(Cc1ncnn1C)c1cc2cccc(Br)c2o1. The first kappa shape index (κ1) is 13.3. The summed E-state index contributed by atoms with van der Waals surface area (Å²) in [6, 6.07) is 8.16. The van der Waals surface area contributed by atoms with Crippen LogP contribution in [0.25, 0.3) is 11.0 Å². The van der Waals surface area contributed by atoms with Gasteiger partial charge in [0, 0.05) is 18.9 Å². The number of benzene rings is 1. The van der Waals surface area contributed by atoms with Crippen LogP contribution in [0.4, 0.5) is 0 Å². The molecule has 0 saturated heterocycles. The number of hydrogen-bond donors (Lipinski definition) is 1. The Morgan fingerprint density at radius 2 is 2.30 bits per heavy atom. The van der Waals surface area contributed by atoms with Crippen LogP contribution in [0.15, 0.2) is 39.5 Å². The highest BCUT2D eigenvalue weighted by Gasteiger charge is 2.18. The monoisotopic (exact) mass is 334 g/mol. The molecular formula is C14H15BrN4O. The highest BCUT2D eigenvalue weighted by molar-refractivity contribution is 9.10. The van der Waals surface area contributed by atoms with E-state index in [9.17, 15) is 0 Å². The van der Waals surface area contributed by atoms with Crippen molar-refractivity contribution in [1.29, 1.82) is 0 Å². The fourth-order valence-electron chi connectivity index (χ4n) is 2.25. The molecule has 1 atom stereocenters. The molecule has 0 radical (unpaired) electrons. The van der Waals surface area contributed by atoms with Gasteiger partial charge < -0.3 is 9.73 Å². The molecule has 0 amide bonds. The lowest BCUT2D eigenvalue weighted by molar-refractivity contribution is 0.439. The van der Waals surface area contributed by atoms with Gasteiger partial charge in [-0.1, -0.05) is 12.1 Å². The molecule has 1 aromatic carbocycles. The highest BCUT2D eigenvalue weighted by atomic mass is 79.9. The average Bonchev–Trinajstić information content (AvgIpc) is 3.03. The van der Waals surface area contributed by atoms with Crippen LogP contribution in [-0.4, -0.2) is 21.8 Å². The van der Waals surface area contributed by atoms with E-state index in [1.165, 1.54) is 0 Å². The number of aromatic nitrogens is 3. The summed E-state index contributed by atoms with van der Waals surface area (Å²) in [5.74, 6) is 1.82. The van der Waals surface area contributed by atoms with E-state index in [0.29, 0.717) is 0 Å². The summed E-state index contributed by atoms with van der Waals surface area (Å²) in [6.07, 6.45) is 2.29. The zero-order chi connectivity index (χ0) is 14.1. The summed E-state index contributed by atoms with van der Waals surface area (Å²) in [5, 5.41) is 8.46. The van der Waals surface area contributed by atoms with E-state index in [-0.39, 0.29) is 6.04 Å². The van der Waals surface area contributed by atoms with Gasteiger partial charge in [-0.3, -0.25) is 4.68 Å². The largest absolute Gasteiger partial charge is 0.458 e. The number of para-hydroxylation sites is 1. The second kappa shape index (κ2) is 5.38. The van der Waals surface area contributed by atoms with Gasteiger partial charge >= 0.3 is 0 Å². The zero-order valence-corrected chi connectivity index (χ0v) is 12.9. The number of fused-ring (bicyclic) bond motifs is 1. The Labute approximate surface area is 125 Å². The topological polar surface area (TPSA) is 55.9 Å². The molecule has 104 valence electrons. The molecule has 0 aliphatic rings. The zero-order valence-electron chi connectivity index (χ0n) is 11.3. The Morgan fingerprint density at radius 3 is 2.95 bits per heavy atom. The summed E-state index contributed by atoms with van der Waals surface area (Å²) in [5.41, 5.74) is 0.876. The third-order valence-corrected chi connectivity index (χ3v) is 4.02. The summed E-state index contributed by atoms with van der Waals surface area (Å²) < 4.78 is 8.72. The number of hydrogen-bond acceptors (Lipinski definition) is 4. The lowest BCUT2D eigenvalue weighted by atomic mass is 10.1. The standard InChI is InChI=1S/C14H15BrN4O/c1-16-11(7-13-17-8-18-19(13)2)12-6-9-4-3-5-10(15)14(9)20-12/h3-6,8,11,16H,7H2,1-2H3. The van der Waals surface area contributed by atoms with E-state index >= 15 is 0 Å². The van der Waals surface area contributed by atoms with Crippen molar-refractivity contribution in [3.05, 3.63) is 46.7 Å². The molecule has 2 aromatic heterocycles. The number of furan rings is 1. The summed E-state index contributed by atoms with van der Waals surface area (Å²) >= 11 is 3.51. The number of aryl methyl sites for hydroxylation is 1. The van der Waals surface area contributed by atoms with Crippen LogP contribution in [0.3, 0.4) is 0 Å². The fourth-order valence-corrected chi connectivity index (χ4v) is 2.71. The predicted octanol–water partition coefficient (Wildman–Crippen LogP) is 2.83. The molecule has 1 unspecified atom stereocenters. The average molecular weight is 335 g/mol. The summed E-state index contributed by atoms with van der Waals surface area (Å²) in [7, 11) is 3.81. The molecule has 3 rings (SSSR count). The molecule has 2 heterocycles. The Morgan fingerprint density at radius 1 is 1.45 bits per heavy atom. The molecule has 1 N–H and O–H groups in total. The van der Waals surface area contributed by atoms with Crippen LogP contribution in [0.5, 0.6) is 0 Å². The number of nitrogens with one attached hydrogen (secondary N) is 1. The fraction of sp³-hybridized carbons (Fsp3) is 0.286. The number of halogens is 1. The van der Waals surface area contributed by atoms with Crippen molar-refractivity contribution in [2.24, 2.45) is 7.05 Å². The van der Waals surface area contributed by atoms with Crippen LogP contribution < -0.4 is 5.32 Å². The van der Waals surface area contributed by atoms with E-state index in [1.54, 1.807) is 11.0 Å². The van der Waals surface area contributed by atoms with Crippen LogP contribution in [0, 0.1) is 0 Å². The second-order valence-corrected chi connectivity index (χ2v) is 5.51. The molecule has 3 aromatic rings. The minimum atomic E-state index is 0.0669. The van der Waals surface area contributed by atoms with E-state index in [1.807, 2.05) is 32.3 Å². The predicted molar refractivity (Wildman–Crippen MR) is 80.4 cm³/mol. The maximum absolute atomic E-state index is 5.97. The van der Waals surface area contributed by atoms with E-state index in [4.69, 9.17) is 4.42 Å². The lowest BCUT2D eigenvalue weighted by Gasteiger charge is -2.12. The summed E-state index contributed by atoms with van der Waals surface area (Å²) in [4.78, 5) is 4.26. The minimum Gasteiger partial charge on any atom is -0.458 e. The van der Waals surface area contributed by atoms with Crippen LogP contribution in [0.2, 0.25) is 0 Å². The Bertz CT molecular complexity index is 734. The van der Waals surface area contributed by atoms with Gasteiger partial charge in [0.25, 0.3) is 0 Å². The molecule has 5 nitrogen and oxygen atoms in total. The molecule has 0 saturated carbocycles. The molecule has 0 fully saturated rings. The van der Waals surface area contributed by atoms with Crippen molar-refractivity contribution in [2.75, 3.05) is 7.05 Å². The molecule has 0 aliphatic heterocycles. The third kappa shape index (κ3) is 2.36. The van der Waals surface area contributed by atoms with Gasteiger partial charge in [0.2, 0.25) is 0 Å². The highest BCUT2D eigenvalue weighted by Crippen LogP contribution is 2.30. The van der Waals surface area contributed by atoms with E-state index in [0.717, 1.165) is 33.4 Å². The second-order valence-electron chi connectivity index (χ2n) is 4.65. The van der Waals surface area contributed by atoms with Gasteiger partial charge in [-0.2, -0.15) is 5.10 Å². The Balaban J connectivity index is 1.95. The van der Waals surface area contributed by atoms with Gasteiger partial charge in [-0.15, -0.1) is 0 Å². The smallest absolute Gasteiger partial charge is 0.148 e. The van der Waals surface area contributed by atoms with Gasteiger partial charge in [0.15, 0.2) is 0 Å². The summed E-state index contributed by atoms with van der Waals surface area (Å²) in [6.45, 7) is 0. The maximum atomic E-state index is 5.97. The minimum absolute atomic E-state index is 0.0669. The van der Waals surface area contributed by atoms with Crippen LogP contribution in [-0.2, 0) is 13.5 Å². The third-order valence-electron chi connectivity index (χ3n) is 3.40. The molecular weight excluding hydrogens is 320 g/mol. The van der Waals surface area contributed by atoms with Crippen molar-refractivity contribution in [3.63, 3.8) is 0 Å². The van der Waals surface area contributed by atoms with Crippen molar-refractivity contribution in [2.45, 2.75) is 12.5 Å². The first-order chi connectivity index (χ1) is 9.69. The maximum Gasteiger partial charge on any atom is 0.148 e. The van der Waals surface area contributed by atoms with Crippen molar-refractivity contribution in [1.82, 2.24) is 20.1 Å². The van der Waals surface area contributed by atoms with Gasteiger partial charge in [0.05, 0.1) is 10.5 Å². The molecule has 0 aliphatic carbocycles. The van der Waals surface area contributed by atoms with Gasteiger partial charge in [0.1, 0.15) is 23.5 Å². The number of nitrogens with zero attached hydrogens (tertiary/aromatic N) is 3. The molecule has 0 spiro atoms. The Kier molecular flexibility index (Phi) is 3.58. The van der Waals surface area contributed by atoms with Crippen LogP contribution in [0.1, 0.15) is 17.6 Å². The van der Waals surface area contributed by atoms with Crippen molar-refractivity contribution in [3.8, 4) is 0 Å². The van der Waals surface area contributed by atoms with Crippen LogP contribution >= 0.6 is 15.9 Å².